The van der Waals surface area contributed by atoms with Crippen LogP contribution >= 0.6 is 0 Å². The molecule has 1 aliphatic heterocycles. The van der Waals surface area contributed by atoms with Crippen molar-refractivity contribution in [1.82, 2.24) is 10.2 Å². The van der Waals surface area contributed by atoms with Crippen LogP contribution in [0.3, 0.4) is 0 Å². The summed E-state index contributed by atoms with van der Waals surface area (Å²) in [5.41, 5.74) is -1.08. The number of likely N-dealkylation sites (tertiary alicyclic amines) is 1. The number of carboxylic acid groups (broad SMARTS) is 1. The lowest BCUT2D eigenvalue weighted by Crippen LogP contribution is -2.54. The highest BCUT2D eigenvalue weighted by Crippen LogP contribution is 2.28. The second kappa shape index (κ2) is 7.47. The zero-order valence-corrected chi connectivity index (χ0v) is 12.6. The Hall–Kier alpha value is -1.30. The Morgan fingerprint density at radius 3 is 2.70 bits per heavy atom. The van der Waals surface area contributed by atoms with Crippen molar-refractivity contribution in [2.24, 2.45) is 5.92 Å². The van der Waals surface area contributed by atoms with Gasteiger partial charge in [-0.25, -0.2) is 9.59 Å². The first-order chi connectivity index (χ1) is 9.38. The fraction of sp³-hybridized carbons (Fsp3) is 0.857. The van der Waals surface area contributed by atoms with Crippen molar-refractivity contribution >= 4 is 12.0 Å². The molecule has 0 aliphatic carbocycles. The molecule has 0 aromatic rings. The number of hydrogen-bond acceptors (Lipinski definition) is 3. The molecule has 0 bridgehead atoms. The predicted molar refractivity (Wildman–Crippen MR) is 75.7 cm³/mol. The van der Waals surface area contributed by atoms with E-state index in [1.807, 2.05) is 0 Å². The molecule has 2 N–H and O–H groups in total. The summed E-state index contributed by atoms with van der Waals surface area (Å²) >= 11 is 0. The standard InChI is InChI=1S/C14H26N2O4/c1-11(2)5-9-20-10-7-15-13(19)16-8-4-6-14(16,3)12(17)18/h11H,4-10H2,1-3H3,(H,15,19)(H,17,18). The van der Waals surface area contributed by atoms with Gasteiger partial charge in [0.1, 0.15) is 5.54 Å². The highest BCUT2D eigenvalue weighted by atomic mass is 16.5. The molecule has 0 saturated carbocycles. The Balaban J connectivity index is 2.27. The van der Waals surface area contributed by atoms with Crippen LogP contribution in [0, 0.1) is 5.92 Å². The van der Waals surface area contributed by atoms with Gasteiger partial charge in [0.25, 0.3) is 0 Å². The average molecular weight is 286 g/mol. The Bertz CT molecular complexity index is 346. The van der Waals surface area contributed by atoms with Gasteiger partial charge in [-0.3, -0.25) is 0 Å². The average Bonchev–Trinajstić information content (AvgIpc) is 2.76. The number of carbonyl (C=O) groups excluding carboxylic acids is 1. The normalized spacial score (nSPS) is 22.3. The van der Waals surface area contributed by atoms with E-state index in [4.69, 9.17) is 4.74 Å². The SMILES string of the molecule is CC(C)CCOCCNC(=O)N1CCCC1(C)C(=O)O. The second-order valence-electron chi connectivity index (χ2n) is 5.86. The third kappa shape index (κ3) is 4.37. The summed E-state index contributed by atoms with van der Waals surface area (Å²) < 4.78 is 5.41. The van der Waals surface area contributed by atoms with Crippen LogP contribution < -0.4 is 5.32 Å². The summed E-state index contributed by atoms with van der Waals surface area (Å²) in [6.07, 6.45) is 2.22. The van der Waals surface area contributed by atoms with Gasteiger partial charge in [-0.2, -0.15) is 0 Å². The Kier molecular flexibility index (Phi) is 6.26. The van der Waals surface area contributed by atoms with Crippen molar-refractivity contribution in [2.45, 2.75) is 45.6 Å². The molecular weight excluding hydrogens is 260 g/mol. The molecule has 0 spiro atoms. The molecule has 0 aromatic heterocycles. The van der Waals surface area contributed by atoms with E-state index in [1.54, 1.807) is 6.92 Å². The van der Waals surface area contributed by atoms with Crippen LogP contribution in [0.25, 0.3) is 0 Å². The maximum Gasteiger partial charge on any atom is 0.329 e. The van der Waals surface area contributed by atoms with E-state index in [-0.39, 0.29) is 6.03 Å². The lowest BCUT2D eigenvalue weighted by molar-refractivity contribution is -0.147. The number of ether oxygens (including phenoxy) is 1. The van der Waals surface area contributed by atoms with Gasteiger partial charge in [0, 0.05) is 19.7 Å². The Labute approximate surface area is 120 Å². The van der Waals surface area contributed by atoms with Crippen molar-refractivity contribution < 1.29 is 19.4 Å². The number of nitrogens with zero attached hydrogens (tertiary/aromatic N) is 1. The summed E-state index contributed by atoms with van der Waals surface area (Å²) in [6, 6.07) is -0.320. The summed E-state index contributed by atoms with van der Waals surface area (Å²) in [4.78, 5) is 24.7. The van der Waals surface area contributed by atoms with Crippen molar-refractivity contribution in [3.63, 3.8) is 0 Å². The van der Waals surface area contributed by atoms with Crippen molar-refractivity contribution in [3.05, 3.63) is 0 Å². The third-order valence-electron chi connectivity index (χ3n) is 3.71. The highest BCUT2D eigenvalue weighted by molar-refractivity contribution is 5.86. The van der Waals surface area contributed by atoms with Gasteiger partial charge in [0.05, 0.1) is 6.61 Å². The van der Waals surface area contributed by atoms with Gasteiger partial charge in [-0.15, -0.1) is 0 Å². The maximum absolute atomic E-state index is 12.0. The van der Waals surface area contributed by atoms with E-state index >= 15 is 0 Å². The van der Waals surface area contributed by atoms with Crippen LogP contribution in [-0.4, -0.2) is 53.8 Å². The fourth-order valence-corrected chi connectivity index (χ4v) is 2.26. The number of carbonyl (C=O) groups is 2. The summed E-state index contributed by atoms with van der Waals surface area (Å²) in [5, 5.41) is 12.0. The van der Waals surface area contributed by atoms with Crippen LogP contribution in [0.5, 0.6) is 0 Å². The van der Waals surface area contributed by atoms with Crippen LogP contribution in [0.1, 0.15) is 40.0 Å². The molecule has 1 fully saturated rings. The zero-order valence-electron chi connectivity index (χ0n) is 12.6. The van der Waals surface area contributed by atoms with Gasteiger partial charge in [-0.1, -0.05) is 13.8 Å². The van der Waals surface area contributed by atoms with Gasteiger partial charge in [0.15, 0.2) is 0 Å². The van der Waals surface area contributed by atoms with Crippen LogP contribution in [0.4, 0.5) is 4.79 Å². The van der Waals surface area contributed by atoms with Gasteiger partial charge < -0.3 is 20.1 Å². The number of nitrogens with one attached hydrogen (secondary N) is 1. The molecule has 1 unspecified atom stereocenters. The topological polar surface area (TPSA) is 78.9 Å². The molecule has 6 nitrogen and oxygen atoms in total. The largest absolute Gasteiger partial charge is 0.480 e. The smallest absolute Gasteiger partial charge is 0.329 e. The van der Waals surface area contributed by atoms with E-state index in [2.05, 4.69) is 19.2 Å². The van der Waals surface area contributed by atoms with Crippen LogP contribution in [0.15, 0.2) is 0 Å². The lowest BCUT2D eigenvalue weighted by Gasteiger charge is -2.31. The number of hydrogen-bond donors (Lipinski definition) is 2. The first kappa shape index (κ1) is 16.8. The number of urea groups is 1. The molecule has 1 saturated heterocycles. The van der Waals surface area contributed by atoms with E-state index in [0.29, 0.717) is 38.6 Å². The van der Waals surface area contributed by atoms with Crippen LogP contribution in [0.2, 0.25) is 0 Å². The maximum atomic E-state index is 12.0. The number of rotatable bonds is 7. The molecular formula is C14H26N2O4. The summed E-state index contributed by atoms with van der Waals surface area (Å²) in [7, 11) is 0. The highest BCUT2D eigenvalue weighted by Gasteiger charge is 2.45. The molecule has 20 heavy (non-hydrogen) atoms. The number of carboxylic acids is 1. The molecule has 1 atom stereocenters. The number of amides is 2. The molecule has 2 amide bonds. The van der Waals surface area contributed by atoms with E-state index < -0.39 is 11.5 Å². The van der Waals surface area contributed by atoms with Gasteiger partial charge >= 0.3 is 12.0 Å². The summed E-state index contributed by atoms with van der Waals surface area (Å²) in [5.74, 6) is -0.344. The minimum absolute atomic E-state index is 0.320. The van der Waals surface area contributed by atoms with Crippen molar-refractivity contribution in [1.29, 1.82) is 0 Å². The van der Waals surface area contributed by atoms with Gasteiger partial charge in [0.2, 0.25) is 0 Å². The lowest BCUT2D eigenvalue weighted by atomic mass is 10.00. The Morgan fingerprint density at radius 1 is 1.40 bits per heavy atom. The molecule has 1 aliphatic rings. The first-order valence-electron chi connectivity index (χ1n) is 7.24. The van der Waals surface area contributed by atoms with E-state index in [0.717, 1.165) is 12.8 Å². The first-order valence-corrected chi connectivity index (χ1v) is 7.24. The molecule has 1 heterocycles. The fourth-order valence-electron chi connectivity index (χ4n) is 2.26. The second-order valence-corrected chi connectivity index (χ2v) is 5.86. The quantitative estimate of drug-likeness (QED) is 0.698. The molecule has 116 valence electrons. The van der Waals surface area contributed by atoms with Gasteiger partial charge in [-0.05, 0) is 32.1 Å². The number of aliphatic carboxylic acids is 1. The minimum Gasteiger partial charge on any atom is -0.480 e. The third-order valence-corrected chi connectivity index (χ3v) is 3.71. The minimum atomic E-state index is -1.08. The Morgan fingerprint density at radius 2 is 2.10 bits per heavy atom. The molecule has 0 radical (unpaired) electrons. The van der Waals surface area contributed by atoms with Crippen molar-refractivity contribution in [2.75, 3.05) is 26.3 Å². The zero-order chi connectivity index (χ0) is 15.2. The van der Waals surface area contributed by atoms with Crippen molar-refractivity contribution in [3.8, 4) is 0 Å². The van der Waals surface area contributed by atoms with E-state index in [9.17, 15) is 14.7 Å². The van der Waals surface area contributed by atoms with Crippen LogP contribution in [-0.2, 0) is 9.53 Å². The summed E-state index contributed by atoms with van der Waals surface area (Å²) in [6.45, 7) is 7.89. The predicted octanol–water partition coefficient (Wildman–Crippen LogP) is 1.70. The van der Waals surface area contributed by atoms with E-state index in [1.165, 1.54) is 4.90 Å². The molecule has 1 rings (SSSR count). The monoisotopic (exact) mass is 286 g/mol. The molecule has 6 heteroatoms. The molecule has 0 aromatic carbocycles.